The lowest BCUT2D eigenvalue weighted by Crippen LogP contribution is -2.00. The van der Waals surface area contributed by atoms with Crippen molar-refractivity contribution >= 4 is 28.8 Å². The molecular formula is C13H16N2O2S. The van der Waals surface area contributed by atoms with Gasteiger partial charge in [-0.25, -0.2) is 4.98 Å². The third-order valence-electron chi connectivity index (χ3n) is 2.86. The lowest BCUT2D eigenvalue weighted by molar-refractivity contribution is -0.133. The fraction of sp³-hybridized carbons (Fsp3) is 0.385. The highest BCUT2D eigenvalue weighted by Gasteiger charge is 2.05. The molecule has 0 spiro atoms. The molecule has 2 aromatic rings. The highest BCUT2D eigenvalue weighted by Crippen LogP contribution is 2.18. The zero-order chi connectivity index (χ0) is 13.1. The Morgan fingerprint density at radius 3 is 2.83 bits per heavy atom. The molecule has 0 bridgehead atoms. The van der Waals surface area contributed by atoms with Gasteiger partial charge >= 0.3 is 5.97 Å². The number of carbonyl (C=O) groups is 1. The molecule has 1 aromatic carbocycles. The number of carboxylic acids is 1. The number of rotatable bonds is 5. The molecular weight excluding hydrogens is 248 g/mol. The van der Waals surface area contributed by atoms with Crippen molar-refractivity contribution in [2.24, 2.45) is 0 Å². The van der Waals surface area contributed by atoms with Gasteiger partial charge in [0.25, 0.3) is 0 Å². The van der Waals surface area contributed by atoms with Crippen LogP contribution >= 0.6 is 11.8 Å². The third-order valence-corrected chi connectivity index (χ3v) is 3.80. The van der Waals surface area contributed by atoms with Crippen LogP contribution in [0.15, 0.2) is 12.1 Å². The van der Waals surface area contributed by atoms with Gasteiger partial charge in [0, 0.05) is 12.2 Å². The summed E-state index contributed by atoms with van der Waals surface area (Å²) in [7, 11) is 0. The molecule has 0 aliphatic heterocycles. The maximum atomic E-state index is 10.4. The highest BCUT2D eigenvalue weighted by molar-refractivity contribution is 7.99. The number of hydrogen-bond acceptors (Lipinski definition) is 3. The average molecular weight is 264 g/mol. The van der Waals surface area contributed by atoms with E-state index in [0.717, 1.165) is 29.0 Å². The van der Waals surface area contributed by atoms with Gasteiger partial charge in [-0.1, -0.05) is 0 Å². The molecule has 1 aromatic heterocycles. The number of benzene rings is 1. The van der Waals surface area contributed by atoms with Crippen LogP contribution in [0.3, 0.4) is 0 Å². The lowest BCUT2D eigenvalue weighted by atomic mass is 10.1. The zero-order valence-electron chi connectivity index (χ0n) is 10.5. The van der Waals surface area contributed by atoms with Crippen LogP contribution in [0.4, 0.5) is 0 Å². The summed E-state index contributed by atoms with van der Waals surface area (Å²) in [6.07, 6.45) is 0.769. The number of fused-ring (bicyclic) bond motifs is 1. The van der Waals surface area contributed by atoms with E-state index in [9.17, 15) is 4.79 Å². The summed E-state index contributed by atoms with van der Waals surface area (Å²) in [5, 5.41) is 8.54. The van der Waals surface area contributed by atoms with Crippen LogP contribution in [0.1, 0.15) is 17.0 Å². The Morgan fingerprint density at radius 1 is 1.39 bits per heavy atom. The largest absolute Gasteiger partial charge is 0.481 e. The van der Waals surface area contributed by atoms with Gasteiger partial charge in [0.2, 0.25) is 0 Å². The first-order chi connectivity index (χ1) is 8.56. The normalized spacial score (nSPS) is 11.0. The predicted octanol–water partition coefficient (Wildman–Crippen LogP) is 2.54. The average Bonchev–Trinajstić information content (AvgIpc) is 2.67. The van der Waals surface area contributed by atoms with Gasteiger partial charge < -0.3 is 10.1 Å². The minimum absolute atomic E-state index is 0.151. The van der Waals surface area contributed by atoms with E-state index in [1.54, 1.807) is 0 Å². The molecule has 96 valence electrons. The van der Waals surface area contributed by atoms with Crippen LogP contribution in [0.5, 0.6) is 0 Å². The summed E-state index contributed by atoms with van der Waals surface area (Å²) >= 11 is 1.41. The third kappa shape index (κ3) is 3.04. The van der Waals surface area contributed by atoms with E-state index in [4.69, 9.17) is 5.11 Å². The van der Waals surface area contributed by atoms with Gasteiger partial charge in [-0.3, -0.25) is 4.79 Å². The Hall–Kier alpha value is -1.49. The number of imidazole rings is 1. The maximum Gasteiger partial charge on any atom is 0.313 e. The van der Waals surface area contributed by atoms with Crippen LogP contribution in [-0.4, -0.2) is 32.5 Å². The minimum Gasteiger partial charge on any atom is -0.481 e. The highest BCUT2D eigenvalue weighted by atomic mass is 32.2. The second-order valence-corrected chi connectivity index (χ2v) is 5.44. The number of nitrogens with zero attached hydrogens (tertiary/aromatic N) is 1. The van der Waals surface area contributed by atoms with Crippen molar-refractivity contribution in [3.05, 3.63) is 29.1 Å². The second kappa shape index (κ2) is 5.44. The van der Waals surface area contributed by atoms with E-state index >= 15 is 0 Å². The number of aromatic amines is 1. The van der Waals surface area contributed by atoms with Crippen LogP contribution in [0, 0.1) is 13.8 Å². The van der Waals surface area contributed by atoms with E-state index in [-0.39, 0.29) is 5.75 Å². The van der Waals surface area contributed by atoms with Crippen molar-refractivity contribution in [2.75, 3.05) is 11.5 Å². The molecule has 4 nitrogen and oxygen atoms in total. The van der Waals surface area contributed by atoms with Gasteiger partial charge in [-0.05, 0) is 37.1 Å². The first-order valence-corrected chi connectivity index (χ1v) is 6.97. The van der Waals surface area contributed by atoms with Crippen molar-refractivity contribution in [1.82, 2.24) is 9.97 Å². The van der Waals surface area contributed by atoms with Gasteiger partial charge in [0.1, 0.15) is 5.82 Å². The Kier molecular flexibility index (Phi) is 3.91. The summed E-state index contributed by atoms with van der Waals surface area (Å²) < 4.78 is 0. The number of carboxylic acid groups (broad SMARTS) is 1. The Balaban J connectivity index is 2.04. The molecule has 0 aliphatic rings. The summed E-state index contributed by atoms with van der Waals surface area (Å²) in [5.74, 6) is 1.08. The van der Waals surface area contributed by atoms with Crippen molar-refractivity contribution in [3.8, 4) is 0 Å². The van der Waals surface area contributed by atoms with Gasteiger partial charge in [0.05, 0.1) is 16.8 Å². The number of aryl methyl sites for hydroxylation is 3. The van der Waals surface area contributed by atoms with E-state index in [0.29, 0.717) is 0 Å². The molecule has 5 heteroatoms. The SMILES string of the molecule is Cc1cc2nc(CCSCC(=O)O)[nH]c2cc1C. The first kappa shape index (κ1) is 13.0. The lowest BCUT2D eigenvalue weighted by Gasteiger charge is -1.97. The van der Waals surface area contributed by atoms with Gasteiger partial charge in [-0.2, -0.15) is 0 Å². The van der Waals surface area contributed by atoms with Crippen LogP contribution in [0.2, 0.25) is 0 Å². The quantitative estimate of drug-likeness (QED) is 0.814. The molecule has 2 N–H and O–H groups in total. The van der Waals surface area contributed by atoms with E-state index in [1.807, 2.05) is 0 Å². The molecule has 1 heterocycles. The monoisotopic (exact) mass is 264 g/mol. The molecule has 0 radical (unpaired) electrons. The molecule has 0 fully saturated rings. The minimum atomic E-state index is -0.768. The van der Waals surface area contributed by atoms with Crippen molar-refractivity contribution in [3.63, 3.8) is 0 Å². The zero-order valence-corrected chi connectivity index (χ0v) is 11.3. The predicted molar refractivity (Wildman–Crippen MR) is 74.2 cm³/mol. The maximum absolute atomic E-state index is 10.4. The topological polar surface area (TPSA) is 66.0 Å². The molecule has 0 saturated carbocycles. The van der Waals surface area contributed by atoms with Gasteiger partial charge in [0.15, 0.2) is 0 Å². The van der Waals surface area contributed by atoms with Crippen LogP contribution in [0.25, 0.3) is 11.0 Å². The number of aromatic nitrogens is 2. The van der Waals surface area contributed by atoms with E-state index in [1.165, 1.54) is 22.9 Å². The number of hydrogen-bond donors (Lipinski definition) is 2. The number of thioether (sulfide) groups is 1. The van der Waals surface area contributed by atoms with Crippen LogP contribution in [-0.2, 0) is 11.2 Å². The fourth-order valence-corrected chi connectivity index (χ4v) is 2.43. The Bertz CT molecular complexity index is 539. The first-order valence-electron chi connectivity index (χ1n) is 5.81. The summed E-state index contributed by atoms with van der Waals surface area (Å²) in [6, 6.07) is 4.18. The molecule has 0 aliphatic carbocycles. The summed E-state index contributed by atoms with van der Waals surface area (Å²) in [6.45, 7) is 4.16. The molecule has 0 amide bonds. The second-order valence-electron chi connectivity index (χ2n) is 4.33. The van der Waals surface area contributed by atoms with Gasteiger partial charge in [-0.15, -0.1) is 11.8 Å². The molecule has 2 rings (SSSR count). The summed E-state index contributed by atoms with van der Waals surface area (Å²) in [5.41, 5.74) is 4.52. The fourth-order valence-electron chi connectivity index (χ4n) is 1.77. The molecule has 0 saturated heterocycles. The molecule has 0 unspecified atom stereocenters. The Morgan fingerprint density at radius 2 is 2.11 bits per heavy atom. The van der Waals surface area contributed by atoms with E-state index in [2.05, 4.69) is 35.9 Å². The van der Waals surface area contributed by atoms with E-state index < -0.39 is 5.97 Å². The smallest absolute Gasteiger partial charge is 0.313 e. The number of nitrogens with one attached hydrogen (secondary N) is 1. The van der Waals surface area contributed by atoms with Crippen molar-refractivity contribution in [1.29, 1.82) is 0 Å². The van der Waals surface area contributed by atoms with Crippen LogP contribution < -0.4 is 0 Å². The molecule has 18 heavy (non-hydrogen) atoms. The molecule has 0 atom stereocenters. The van der Waals surface area contributed by atoms with Crippen molar-refractivity contribution in [2.45, 2.75) is 20.3 Å². The standard InChI is InChI=1S/C13H16N2O2S/c1-8-5-10-11(6-9(8)2)15-12(14-10)3-4-18-7-13(16)17/h5-6H,3-4,7H2,1-2H3,(H,14,15)(H,16,17). The summed E-state index contributed by atoms with van der Waals surface area (Å²) in [4.78, 5) is 18.2. The van der Waals surface area contributed by atoms with Crippen molar-refractivity contribution < 1.29 is 9.90 Å². The number of H-pyrrole nitrogens is 1. The number of aliphatic carboxylic acids is 1. The Labute approximate surface area is 110 Å².